The van der Waals surface area contributed by atoms with Crippen molar-refractivity contribution in [1.82, 2.24) is 4.57 Å². The number of ether oxygens (including phenoxy) is 3. The number of rotatable bonds is 6. The Morgan fingerprint density at radius 2 is 1.76 bits per heavy atom. The Labute approximate surface area is 170 Å². The molecule has 6 heteroatoms. The van der Waals surface area contributed by atoms with Gasteiger partial charge >= 0.3 is 11.9 Å². The summed E-state index contributed by atoms with van der Waals surface area (Å²) in [6.45, 7) is 5.62. The number of esters is 2. The van der Waals surface area contributed by atoms with Crippen molar-refractivity contribution in [3.05, 3.63) is 65.9 Å². The molecule has 1 aromatic heterocycles. The van der Waals surface area contributed by atoms with Crippen molar-refractivity contribution in [2.75, 3.05) is 7.11 Å². The highest BCUT2D eigenvalue weighted by Crippen LogP contribution is 2.28. The molecule has 0 saturated carbocycles. The van der Waals surface area contributed by atoms with E-state index in [4.69, 9.17) is 14.2 Å². The first-order valence-corrected chi connectivity index (χ1v) is 9.36. The van der Waals surface area contributed by atoms with Gasteiger partial charge in [-0.2, -0.15) is 0 Å². The molecule has 0 unspecified atom stereocenters. The SMILES string of the molecule is COc1ccc2c(c1)c(C(=O)OC(C)(C)C)cn2CC(=O)OCc1ccccc1. The molecule has 1 heterocycles. The topological polar surface area (TPSA) is 66.8 Å². The fraction of sp³-hybridized carbons (Fsp3) is 0.304. The predicted molar refractivity (Wildman–Crippen MR) is 110 cm³/mol. The minimum Gasteiger partial charge on any atom is -0.497 e. The quantitative estimate of drug-likeness (QED) is 0.581. The molecule has 0 atom stereocenters. The first-order chi connectivity index (χ1) is 13.8. The number of hydrogen-bond acceptors (Lipinski definition) is 5. The average Bonchev–Trinajstić information content (AvgIpc) is 3.03. The van der Waals surface area contributed by atoms with Gasteiger partial charge in [-0.3, -0.25) is 4.79 Å². The van der Waals surface area contributed by atoms with E-state index in [1.165, 1.54) is 0 Å². The van der Waals surface area contributed by atoms with Crippen LogP contribution >= 0.6 is 0 Å². The lowest BCUT2D eigenvalue weighted by atomic mass is 10.1. The van der Waals surface area contributed by atoms with Crippen LogP contribution in [0.4, 0.5) is 0 Å². The second kappa shape index (κ2) is 8.39. The molecular weight excluding hydrogens is 370 g/mol. The lowest BCUT2D eigenvalue weighted by Crippen LogP contribution is -2.23. The Morgan fingerprint density at radius 1 is 1.03 bits per heavy atom. The fourth-order valence-corrected chi connectivity index (χ4v) is 2.95. The van der Waals surface area contributed by atoms with E-state index < -0.39 is 17.5 Å². The van der Waals surface area contributed by atoms with Crippen molar-refractivity contribution < 1.29 is 23.8 Å². The molecule has 3 aromatic rings. The predicted octanol–water partition coefficient (Wildman–Crippen LogP) is 4.35. The number of benzene rings is 2. The van der Waals surface area contributed by atoms with Crippen molar-refractivity contribution in [1.29, 1.82) is 0 Å². The highest BCUT2D eigenvalue weighted by molar-refractivity contribution is 6.05. The standard InChI is InChI=1S/C23H25NO5/c1-23(2,3)29-22(26)19-13-24(20-11-10-17(27-4)12-18(19)20)14-21(25)28-15-16-8-6-5-7-9-16/h5-13H,14-15H2,1-4H3. The molecule has 0 bridgehead atoms. The molecule has 0 amide bonds. The maximum absolute atomic E-state index is 12.7. The van der Waals surface area contributed by atoms with Crippen LogP contribution < -0.4 is 4.74 Å². The summed E-state index contributed by atoms with van der Waals surface area (Å²) in [6.07, 6.45) is 1.63. The van der Waals surface area contributed by atoms with Crippen LogP contribution in [0.2, 0.25) is 0 Å². The largest absolute Gasteiger partial charge is 0.497 e. The van der Waals surface area contributed by atoms with E-state index in [0.717, 1.165) is 11.1 Å². The summed E-state index contributed by atoms with van der Waals surface area (Å²) in [4.78, 5) is 25.1. The van der Waals surface area contributed by atoms with Gasteiger partial charge in [-0.15, -0.1) is 0 Å². The molecule has 0 radical (unpaired) electrons. The van der Waals surface area contributed by atoms with Crippen molar-refractivity contribution in [2.24, 2.45) is 0 Å². The summed E-state index contributed by atoms with van der Waals surface area (Å²) in [5.41, 5.74) is 1.39. The Bertz CT molecular complexity index is 1010. The molecule has 152 valence electrons. The number of carbonyl (C=O) groups excluding carboxylic acids is 2. The number of aromatic nitrogens is 1. The molecule has 0 aliphatic heterocycles. The first-order valence-electron chi connectivity index (χ1n) is 9.36. The zero-order valence-electron chi connectivity index (χ0n) is 17.1. The Hall–Kier alpha value is -3.28. The number of hydrogen-bond donors (Lipinski definition) is 0. The summed E-state index contributed by atoms with van der Waals surface area (Å²) in [5, 5.41) is 0.662. The lowest BCUT2D eigenvalue weighted by Gasteiger charge is -2.19. The van der Waals surface area contributed by atoms with Gasteiger partial charge in [0.1, 0.15) is 24.5 Å². The maximum atomic E-state index is 12.7. The molecule has 0 spiro atoms. The molecule has 0 N–H and O–H groups in total. The molecule has 0 aliphatic carbocycles. The van der Waals surface area contributed by atoms with Crippen LogP contribution in [-0.2, 0) is 27.4 Å². The van der Waals surface area contributed by atoms with Crippen molar-refractivity contribution in [3.8, 4) is 5.75 Å². The molecule has 0 saturated heterocycles. The molecule has 2 aromatic carbocycles. The van der Waals surface area contributed by atoms with E-state index in [1.807, 2.05) is 57.2 Å². The monoisotopic (exact) mass is 395 g/mol. The summed E-state index contributed by atoms with van der Waals surface area (Å²) < 4.78 is 17.9. The van der Waals surface area contributed by atoms with Crippen LogP contribution in [0.5, 0.6) is 5.75 Å². The second-order valence-corrected chi connectivity index (χ2v) is 7.70. The second-order valence-electron chi connectivity index (χ2n) is 7.70. The minimum atomic E-state index is -0.626. The Kier molecular flexibility index (Phi) is 5.92. The maximum Gasteiger partial charge on any atom is 0.340 e. The van der Waals surface area contributed by atoms with Gasteiger partial charge in [0.15, 0.2) is 0 Å². The van der Waals surface area contributed by atoms with Gasteiger partial charge in [0.2, 0.25) is 0 Å². The number of methoxy groups -OCH3 is 1. The summed E-state index contributed by atoms with van der Waals surface area (Å²) >= 11 is 0. The Balaban J connectivity index is 1.85. The van der Waals surface area contributed by atoms with Crippen LogP contribution in [0.15, 0.2) is 54.7 Å². The highest BCUT2D eigenvalue weighted by Gasteiger charge is 2.23. The van der Waals surface area contributed by atoms with Crippen molar-refractivity contribution in [3.63, 3.8) is 0 Å². The molecule has 29 heavy (non-hydrogen) atoms. The average molecular weight is 395 g/mol. The third-order valence-corrected chi connectivity index (χ3v) is 4.25. The van der Waals surface area contributed by atoms with Crippen LogP contribution in [0, 0.1) is 0 Å². The summed E-state index contributed by atoms with van der Waals surface area (Å²) in [6, 6.07) is 14.8. The molecule has 0 aliphatic rings. The lowest BCUT2D eigenvalue weighted by molar-refractivity contribution is -0.145. The van der Waals surface area contributed by atoms with Crippen molar-refractivity contribution >= 4 is 22.8 Å². The minimum absolute atomic E-state index is 0.0154. The van der Waals surface area contributed by atoms with Gasteiger partial charge in [-0.25, -0.2) is 4.79 Å². The van der Waals surface area contributed by atoms with Gasteiger partial charge in [-0.05, 0) is 44.5 Å². The Morgan fingerprint density at radius 3 is 2.41 bits per heavy atom. The molecule has 6 nitrogen and oxygen atoms in total. The summed E-state index contributed by atoms with van der Waals surface area (Å²) in [7, 11) is 1.56. The van der Waals surface area contributed by atoms with Crippen LogP contribution in [0.25, 0.3) is 10.9 Å². The van der Waals surface area contributed by atoms with Gasteiger partial charge < -0.3 is 18.8 Å². The molecule has 3 rings (SSSR count). The molecule has 0 fully saturated rings. The van der Waals surface area contributed by atoms with E-state index in [2.05, 4.69) is 0 Å². The van der Waals surface area contributed by atoms with Gasteiger partial charge in [-0.1, -0.05) is 30.3 Å². The van der Waals surface area contributed by atoms with E-state index in [9.17, 15) is 9.59 Å². The van der Waals surface area contributed by atoms with E-state index in [1.54, 1.807) is 30.0 Å². The number of fused-ring (bicyclic) bond motifs is 1. The van der Waals surface area contributed by atoms with Crippen LogP contribution in [0.1, 0.15) is 36.7 Å². The third-order valence-electron chi connectivity index (χ3n) is 4.25. The number of carbonyl (C=O) groups is 2. The van der Waals surface area contributed by atoms with Gasteiger partial charge in [0.25, 0.3) is 0 Å². The fourth-order valence-electron chi connectivity index (χ4n) is 2.95. The van der Waals surface area contributed by atoms with Gasteiger partial charge in [0, 0.05) is 17.1 Å². The third kappa shape index (κ3) is 5.16. The van der Waals surface area contributed by atoms with Crippen LogP contribution in [0.3, 0.4) is 0 Å². The van der Waals surface area contributed by atoms with E-state index >= 15 is 0 Å². The van der Waals surface area contributed by atoms with Crippen LogP contribution in [-0.4, -0.2) is 29.2 Å². The molecular formula is C23H25NO5. The summed E-state index contributed by atoms with van der Waals surface area (Å²) in [5.74, 6) is -0.226. The highest BCUT2D eigenvalue weighted by atomic mass is 16.6. The smallest absolute Gasteiger partial charge is 0.340 e. The van der Waals surface area contributed by atoms with Gasteiger partial charge in [0.05, 0.1) is 12.7 Å². The van der Waals surface area contributed by atoms with E-state index in [-0.39, 0.29) is 13.2 Å². The zero-order valence-corrected chi connectivity index (χ0v) is 17.1. The normalized spacial score (nSPS) is 11.3. The number of nitrogens with zero attached hydrogens (tertiary/aromatic N) is 1. The van der Waals surface area contributed by atoms with Crippen molar-refractivity contribution in [2.45, 2.75) is 39.5 Å². The van der Waals surface area contributed by atoms with E-state index in [0.29, 0.717) is 16.7 Å². The zero-order chi connectivity index (χ0) is 21.0. The first kappa shape index (κ1) is 20.5.